The molecule has 0 fully saturated rings. The summed E-state index contributed by atoms with van der Waals surface area (Å²) in [4.78, 5) is 8.42. The Labute approximate surface area is 131 Å². The third kappa shape index (κ3) is 5.86. The van der Waals surface area contributed by atoms with Gasteiger partial charge >= 0.3 is 0 Å². The fourth-order valence-corrected chi connectivity index (χ4v) is 2.82. The molecule has 1 heterocycles. The molecule has 0 aliphatic rings. The van der Waals surface area contributed by atoms with Crippen LogP contribution < -0.4 is 5.32 Å². The second kappa shape index (κ2) is 8.80. The quantitative estimate of drug-likeness (QED) is 0.463. The minimum Gasteiger partial charge on any atom is -0.342 e. The van der Waals surface area contributed by atoms with E-state index >= 15 is 0 Å². The van der Waals surface area contributed by atoms with E-state index in [0.29, 0.717) is 5.92 Å². The Bertz CT molecular complexity index is 511. The van der Waals surface area contributed by atoms with Crippen LogP contribution in [0.1, 0.15) is 37.3 Å². The highest BCUT2D eigenvalue weighted by atomic mass is 32.2. The molecule has 0 atom stereocenters. The Morgan fingerprint density at radius 2 is 1.81 bits per heavy atom. The summed E-state index contributed by atoms with van der Waals surface area (Å²) in [6.07, 6.45) is 4.76. The zero-order chi connectivity index (χ0) is 14.9. The normalized spacial score (nSPS) is 11.0. The predicted molar refractivity (Wildman–Crippen MR) is 88.4 cm³/mol. The topological polar surface area (TPSA) is 42.4 Å². The van der Waals surface area contributed by atoms with Crippen molar-refractivity contribution in [1.29, 1.82) is 0 Å². The second-order valence-corrected chi connectivity index (χ2v) is 6.47. The number of nitrogens with zero attached hydrogens (tertiary/aromatic N) is 2. The van der Waals surface area contributed by atoms with Crippen LogP contribution in [0.3, 0.4) is 0 Å². The maximum absolute atomic E-state index is 4.21. The fraction of sp³-hybridized carbons (Fsp3) is 0.412. The van der Waals surface area contributed by atoms with Crippen LogP contribution in [0.4, 0.5) is 0 Å². The van der Waals surface area contributed by atoms with Crippen molar-refractivity contribution >= 4 is 11.8 Å². The van der Waals surface area contributed by atoms with Gasteiger partial charge in [-0.3, -0.25) is 0 Å². The lowest BCUT2D eigenvalue weighted by molar-refractivity contribution is -0.670. The molecule has 1 aromatic heterocycles. The van der Waals surface area contributed by atoms with Crippen LogP contribution in [0, 0.1) is 0 Å². The van der Waals surface area contributed by atoms with Crippen molar-refractivity contribution in [2.45, 2.75) is 37.9 Å². The molecule has 2 N–H and O–H groups in total. The first-order chi connectivity index (χ1) is 10.3. The summed E-state index contributed by atoms with van der Waals surface area (Å²) in [6, 6.07) is 10.8. The monoisotopic (exact) mass is 302 g/mol. The van der Waals surface area contributed by atoms with Crippen molar-refractivity contribution in [3.05, 3.63) is 53.9 Å². The zero-order valence-corrected chi connectivity index (χ0v) is 13.6. The Balaban J connectivity index is 1.59. The molecule has 2 aromatic rings. The zero-order valence-electron chi connectivity index (χ0n) is 12.8. The standard InChI is InChI=1S/C17H23N3S/c1-14(2)16-7-5-15(6-8-16)13-18-9-4-12-21-17-19-10-3-11-20-17/h3,5-8,10-11,14,18H,4,9,12-13H2,1-2H3/p+1. The van der Waals surface area contributed by atoms with Gasteiger partial charge < -0.3 is 5.32 Å². The van der Waals surface area contributed by atoms with Crippen molar-refractivity contribution in [2.24, 2.45) is 0 Å². The van der Waals surface area contributed by atoms with Crippen LogP contribution >= 0.6 is 11.8 Å². The van der Waals surface area contributed by atoms with Crippen LogP contribution in [0.5, 0.6) is 0 Å². The number of nitrogens with two attached hydrogens (primary N) is 1. The predicted octanol–water partition coefficient (Wildman–Crippen LogP) is 2.85. The molecule has 0 spiro atoms. The summed E-state index contributed by atoms with van der Waals surface area (Å²) < 4.78 is 0. The number of hydrogen-bond acceptors (Lipinski definition) is 3. The molecule has 112 valence electrons. The lowest BCUT2D eigenvalue weighted by atomic mass is 10.0. The van der Waals surface area contributed by atoms with E-state index in [1.54, 1.807) is 24.2 Å². The minimum absolute atomic E-state index is 0.611. The van der Waals surface area contributed by atoms with Crippen LogP contribution in [0.15, 0.2) is 47.9 Å². The molecule has 0 aliphatic carbocycles. The van der Waals surface area contributed by atoms with Gasteiger partial charge in [0.2, 0.25) is 0 Å². The van der Waals surface area contributed by atoms with Gasteiger partial charge in [-0.2, -0.15) is 0 Å². The number of aromatic nitrogens is 2. The molecule has 21 heavy (non-hydrogen) atoms. The molecule has 0 saturated heterocycles. The summed E-state index contributed by atoms with van der Waals surface area (Å²) in [5, 5.41) is 3.25. The van der Waals surface area contributed by atoms with E-state index in [1.165, 1.54) is 17.5 Å². The van der Waals surface area contributed by atoms with Crippen molar-refractivity contribution in [2.75, 3.05) is 12.3 Å². The van der Waals surface area contributed by atoms with E-state index in [0.717, 1.165) is 24.0 Å². The first-order valence-electron chi connectivity index (χ1n) is 7.56. The SMILES string of the molecule is CC(C)c1ccc(C[NH2+]CCCSc2ncccn2)cc1. The summed E-state index contributed by atoms with van der Waals surface area (Å²) in [5.41, 5.74) is 2.82. The molecular formula is C17H24N3S+. The first-order valence-corrected chi connectivity index (χ1v) is 8.54. The highest BCUT2D eigenvalue weighted by Gasteiger charge is 2.01. The molecule has 2 rings (SSSR count). The van der Waals surface area contributed by atoms with Crippen LogP contribution in [0.25, 0.3) is 0 Å². The highest BCUT2D eigenvalue weighted by Crippen LogP contribution is 2.14. The molecule has 0 unspecified atom stereocenters. The Kier molecular flexibility index (Phi) is 6.70. The third-order valence-corrected chi connectivity index (χ3v) is 4.31. The molecular weight excluding hydrogens is 278 g/mol. The number of hydrogen-bond donors (Lipinski definition) is 1. The van der Waals surface area contributed by atoms with Gasteiger partial charge in [0, 0.05) is 30.1 Å². The molecule has 0 aliphatic heterocycles. The van der Waals surface area contributed by atoms with Gasteiger partial charge in [0.15, 0.2) is 5.16 Å². The van der Waals surface area contributed by atoms with Gasteiger partial charge in [-0.05, 0) is 17.5 Å². The van der Waals surface area contributed by atoms with E-state index < -0.39 is 0 Å². The maximum atomic E-state index is 4.21. The molecule has 1 aromatic carbocycles. The second-order valence-electron chi connectivity index (χ2n) is 5.41. The summed E-state index contributed by atoms with van der Waals surface area (Å²) in [6.45, 7) is 6.67. The Hall–Kier alpha value is -1.39. The van der Waals surface area contributed by atoms with Gasteiger partial charge in [0.1, 0.15) is 6.54 Å². The van der Waals surface area contributed by atoms with Gasteiger partial charge in [0.05, 0.1) is 6.54 Å². The first kappa shape index (κ1) is 16.0. The summed E-state index contributed by atoms with van der Waals surface area (Å²) >= 11 is 1.73. The fourth-order valence-electron chi connectivity index (χ4n) is 2.06. The van der Waals surface area contributed by atoms with Crippen LogP contribution in [-0.4, -0.2) is 22.3 Å². The average molecular weight is 302 g/mol. The molecule has 0 amide bonds. The smallest absolute Gasteiger partial charge is 0.187 e. The van der Waals surface area contributed by atoms with Crippen molar-refractivity contribution in [3.8, 4) is 0 Å². The lowest BCUT2D eigenvalue weighted by Gasteiger charge is -2.06. The molecule has 0 saturated carbocycles. The van der Waals surface area contributed by atoms with E-state index in [-0.39, 0.29) is 0 Å². The number of benzene rings is 1. The number of rotatable bonds is 8. The molecule has 0 bridgehead atoms. The molecule has 0 radical (unpaired) electrons. The third-order valence-electron chi connectivity index (χ3n) is 3.35. The Morgan fingerprint density at radius 1 is 1.10 bits per heavy atom. The summed E-state index contributed by atoms with van der Waals surface area (Å²) in [7, 11) is 0. The number of thioether (sulfide) groups is 1. The van der Waals surface area contributed by atoms with Gasteiger partial charge in [-0.15, -0.1) is 0 Å². The van der Waals surface area contributed by atoms with Crippen molar-refractivity contribution < 1.29 is 5.32 Å². The van der Waals surface area contributed by atoms with Gasteiger partial charge in [-0.25, -0.2) is 9.97 Å². The van der Waals surface area contributed by atoms with Gasteiger partial charge in [-0.1, -0.05) is 49.9 Å². The molecule has 3 nitrogen and oxygen atoms in total. The maximum Gasteiger partial charge on any atom is 0.187 e. The number of quaternary nitrogens is 1. The Morgan fingerprint density at radius 3 is 2.48 bits per heavy atom. The van der Waals surface area contributed by atoms with Crippen LogP contribution in [0.2, 0.25) is 0 Å². The lowest BCUT2D eigenvalue weighted by Crippen LogP contribution is -2.82. The van der Waals surface area contributed by atoms with E-state index in [9.17, 15) is 0 Å². The van der Waals surface area contributed by atoms with Crippen molar-refractivity contribution in [1.82, 2.24) is 9.97 Å². The highest BCUT2D eigenvalue weighted by molar-refractivity contribution is 7.99. The minimum atomic E-state index is 0.611. The van der Waals surface area contributed by atoms with E-state index in [1.807, 2.05) is 6.07 Å². The van der Waals surface area contributed by atoms with Crippen molar-refractivity contribution in [3.63, 3.8) is 0 Å². The van der Waals surface area contributed by atoms with Crippen LogP contribution in [-0.2, 0) is 6.54 Å². The van der Waals surface area contributed by atoms with E-state index in [2.05, 4.69) is 53.4 Å². The van der Waals surface area contributed by atoms with E-state index in [4.69, 9.17) is 0 Å². The summed E-state index contributed by atoms with van der Waals surface area (Å²) in [5.74, 6) is 1.69. The average Bonchev–Trinajstić information content (AvgIpc) is 2.52. The van der Waals surface area contributed by atoms with Gasteiger partial charge in [0.25, 0.3) is 0 Å². The largest absolute Gasteiger partial charge is 0.342 e. The molecule has 4 heteroatoms.